The molecular weight excluding hydrogens is 228 g/mol. The normalized spacial score (nSPS) is 21.9. The maximum atomic E-state index is 12.4. The smallest absolute Gasteiger partial charge is 0.274 e. The molecule has 0 aliphatic carbocycles. The highest BCUT2D eigenvalue weighted by Crippen LogP contribution is 2.21. The lowest BCUT2D eigenvalue weighted by Crippen LogP contribution is -2.51. The maximum Gasteiger partial charge on any atom is 0.274 e. The molecule has 1 aromatic heterocycles. The summed E-state index contributed by atoms with van der Waals surface area (Å²) in [5.41, 5.74) is 7.49. The fourth-order valence-electron chi connectivity index (χ4n) is 2.56. The van der Waals surface area contributed by atoms with Gasteiger partial charge in [-0.05, 0) is 38.7 Å². The highest BCUT2D eigenvalue weighted by atomic mass is 16.2. The largest absolute Gasteiger partial charge is 0.333 e. The molecule has 0 spiro atoms. The first kappa shape index (κ1) is 13.1. The van der Waals surface area contributed by atoms with Crippen LogP contribution in [0.2, 0.25) is 0 Å². The van der Waals surface area contributed by atoms with Crippen LogP contribution in [-0.4, -0.2) is 39.6 Å². The number of hydrogen-bond acceptors (Lipinski definition) is 3. The number of aryl methyl sites for hydroxylation is 1. The van der Waals surface area contributed by atoms with E-state index in [1.807, 2.05) is 24.8 Å². The number of rotatable bonds is 3. The molecule has 1 aliphatic heterocycles. The predicted octanol–water partition coefficient (Wildman–Crippen LogP) is 1.31. The summed E-state index contributed by atoms with van der Waals surface area (Å²) in [5.74, 6) is 0.00736. The van der Waals surface area contributed by atoms with Crippen LogP contribution in [0.15, 0.2) is 6.07 Å². The van der Waals surface area contributed by atoms with Crippen molar-refractivity contribution in [3.8, 4) is 0 Å². The summed E-state index contributed by atoms with van der Waals surface area (Å²) < 4.78 is 0. The zero-order valence-electron chi connectivity index (χ0n) is 11.1. The zero-order chi connectivity index (χ0) is 13.1. The predicted molar refractivity (Wildman–Crippen MR) is 70.3 cm³/mol. The molecule has 0 saturated carbocycles. The van der Waals surface area contributed by atoms with Gasteiger partial charge in [0.25, 0.3) is 5.91 Å². The lowest BCUT2D eigenvalue weighted by Gasteiger charge is -2.37. The van der Waals surface area contributed by atoms with Gasteiger partial charge in [-0.15, -0.1) is 0 Å². The average Bonchev–Trinajstić information content (AvgIpc) is 2.86. The van der Waals surface area contributed by atoms with E-state index in [0.717, 1.165) is 37.9 Å². The minimum absolute atomic E-state index is 0.00736. The van der Waals surface area contributed by atoms with Crippen LogP contribution >= 0.6 is 0 Å². The van der Waals surface area contributed by atoms with Crippen LogP contribution in [-0.2, 0) is 6.42 Å². The van der Waals surface area contributed by atoms with E-state index in [-0.39, 0.29) is 18.0 Å². The SMILES string of the molecule is CCc1cc(C(=O)N2CCCCC2C(C)N)n[nH]1. The van der Waals surface area contributed by atoms with Gasteiger partial charge >= 0.3 is 0 Å². The molecule has 100 valence electrons. The van der Waals surface area contributed by atoms with Crippen LogP contribution in [0.5, 0.6) is 0 Å². The van der Waals surface area contributed by atoms with E-state index in [1.165, 1.54) is 0 Å². The molecule has 3 N–H and O–H groups in total. The number of amides is 1. The van der Waals surface area contributed by atoms with E-state index in [4.69, 9.17) is 5.73 Å². The molecule has 0 radical (unpaired) electrons. The van der Waals surface area contributed by atoms with Crippen LogP contribution in [0.25, 0.3) is 0 Å². The van der Waals surface area contributed by atoms with Crippen molar-refractivity contribution >= 4 is 5.91 Å². The second-order valence-corrected chi connectivity index (χ2v) is 5.05. The number of carbonyl (C=O) groups excluding carboxylic acids is 1. The number of carbonyl (C=O) groups is 1. The van der Waals surface area contributed by atoms with Crippen LogP contribution in [0.4, 0.5) is 0 Å². The van der Waals surface area contributed by atoms with E-state index in [2.05, 4.69) is 10.2 Å². The van der Waals surface area contributed by atoms with Crippen molar-refractivity contribution in [1.29, 1.82) is 0 Å². The Morgan fingerprint density at radius 2 is 2.44 bits per heavy atom. The first-order chi connectivity index (χ1) is 8.63. The monoisotopic (exact) mass is 250 g/mol. The first-order valence-electron chi connectivity index (χ1n) is 6.74. The molecule has 2 atom stereocenters. The summed E-state index contributed by atoms with van der Waals surface area (Å²) >= 11 is 0. The second-order valence-electron chi connectivity index (χ2n) is 5.05. The number of aromatic nitrogens is 2. The third-order valence-electron chi connectivity index (χ3n) is 3.65. The summed E-state index contributed by atoms with van der Waals surface area (Å²) in [7, 11) is 0. The van der Waals surface area contributed by atoms with Crippen LogP contribution in [0.1, 0.15) is 49.3 Å². The molecule has 2 unspecified atom stereocenters. The molecular formula is C13H22N4O. The lowest BCUT2D eigenvalue weighted by molar-refractivity contribution is 0.0577. The van der Waals surface area contributed by atoms with E-state index < -0.39 is 0 Å². The van der Waals surface area contributed by atoms with E-state index in [1.54, 1.807) is 0 Å². The van der Waals surface area contributed by atoms with Gasteiger partial charge < -0.3 is 10.6 Å². The Balaban J connectivity index is 2.15. The Labute approximate surface area is 108 Å². The number of likely N-dealkylation sites (tertiary alicyclic amines) is 1. The summed E-state index contributed by atoms with van der Waals surface area (Å²) in [4.78, 5) is 14.3. The van der Waals surface area contributed by atoms with Gasteiger partial charge in [0.2, 0.25) is 0 Å². The van der Waals surface area contributed by atoms with Crippen molar-refractivity contribution in [3.05, 3.63) is 17.5 Å². The highest BCUT2D eigenvalue weighted by Gasteiger charge is 2.30. The summed E-state index contributed by atoms with van der Waals surface area (Å²) in [5, 5.41) is 6.99. The lowest BCUT2D eigenvalue weighted by atomic mass is 9.96. The average molecular weight is 250 g/mol. The molecule has 18 heavy (non-hydrogen) atoms. The molecule has 1 aliphatic rings. The molecule has 2 heterocycles. The molecule has 2 rings (SSSR count). The van der Waals surface area contributed by atoms with Crippen molar-refractivity contribution in [1.82, 2.24) is 15.1 Å². The fourth-order valence-corrected chi connectivity index (χ4v) is 2.56. The molecule has 1 amide bonds. The van der Waals surface area contributed by atoms with E-state index >= 15 is 0 Å². The summed E-state index contributed by atoms with van der Waals surface area (Å²) in [6.45, 7) is 4.80. The van der Waals surface area contributed by atoms with Crippen molar-refractivity contribution in [2.24, 2.45) is 5.73 Å². The molecule has 0 bridgehead atoms. The number of nitrogens with two attached hydrogens (primary N) is 1. The minimum Gasteiger partial charge on any atom is -0.333 e. The van der Waals surface area contributed by atoms with Crippen LogP contribution < -0.4 is 5.73 Å². The number of nitrogens with one attached hydrogen (secondary N) is 1. The topological polar surface area (TPSA) is 75.0 Å². The van der Waals surface area contributed by atoms with Crippen molar-refractivity contribution in [2.45, 2.75) is 51.6 Å². The van der Waals surface area contributed by atoms with Gasteiger partial charge in [0, 0.05) is 24.3 Å². The number of hydrogen-bond donors (Lipinski definition) is 2. The third-order valence-corrected chi connectivity index (χ3v) is 3.65. The van der Waals surface area contributed by atoms with Gasteiger partial charge in [0.05, 0.1) is 0 Å². The molecule has 5 nitrogen and oxygen atoms in total. The minimum atomic E-state index is 0.00736. The Morgan fingerprint density at radius 3 is 3.06 bits per heavy atom. The van der Waals surface area contributed by atoms with Gasteiger partial charge in [0.1, 0.15) is 5.69 Å². The van der Waals surface area contributed by atoms with E-state index in [0.29, 0.717) is 5.69 Å². The van der Waals surface area contributed by atoms with Crippen molar-refractivity contribution in [3.63, 3.8) is 0 Å². The number of H-pyrrole nitrogens is 1. The van der Waals surface area contributed by atoms with Crippen LogP contribution in [0, 0.1) is 0 Å². The van der Waals surface area contributed by atoms with Gasteiger partial charge in [-0.25, -0.2) is 0 Å². The third kappa shape index (κ3) is 2.56. The number of piperidine rings is 1. The standard InChI is InChI=1S/C13H22N4O/c1-3-10-8-11(16-15-10)13(18)17-7-5-4-6-12(17)9(2)14/h8-9,12H,3-7,14H2,1-2H3,(H,15,16). The van der Waals surface area contributed by atoms with Gasteiger partial charge in [-0.3, -0.25) is 9.89 Å². The molecule has 0 aromatic carbocycles. The maximum absolute atomic E-state index is 12.4. The fraction of sp³-hybridized carbons (Fsp3) is 0.692. The Kier molecular flexibility index (Phi) is 4.01. The molecule has 1 aromatic rings. The quantitative estimate of drug-likeness (QED) is 0.849. The molecule has 1 saturated heterocycles. The van der Waals surface area contributed by atoms with Gasteiger partial charge in [-0.2, -0.15) is 5.10 Å². The van der Waals surface area contributed by atoms with Crippen LogP contribution in [0.3, 0.4) is 0 Å². The van der Waals surface area contributed by atoms with Gasteiger partial charge in [-0.1, -0.05) is 6.92 Å². The molecule has 5 heteroatoms. The summed E-state index contributed by atoms with van der Waals surface area (Å²) in [6, 6.07) is 2.00. The summed E-state index contributed by atoms with van der Waals surface area (Å²) in [6.07, 6.45) is 4.06. The second kappa shape index (κ2) is 5.52. The van der Waals surface area contributed by atoms with E-state index in [9.17, 15) is 4.79 Å². The Morgan fingerprint density at radius 1 is 1.67 bits per heavy atom. The Bertz CT molecular complexity index is 413. The zero-order valence-corrected chi connectivity index (χ0v) is 11.1. The highest BCUT2D eigenvalue weighted by molar-refractivity contribution is 5.92. The molecule has 1 fully saturated rings. The first-order valence-corrected chi connectivity index (χ1v) is 6.74. The number of aromatic amines is 1. The number of nitrogens with zero attached hydrogens (tertiary/aromatic N) is 2. The van der Waals surface area contributed by atoms with Crippen molar-refractivity contribution in [2.75, 3.05) is 6.54 Å². The Hall–Kier alpha value is -1.36. The van der Waals surface area contributed by atoms with Gasteiger partial charge in [0.15, 0.2) is 0 Å². The van der Waals surface area contributed by atoms with Crippen molar-refractivity contribution < 1.29 is 4.79 Å².